The first-order valence-corrected chi connectivity index (χ1v) is 7.12. The zero-order valence-electron chi connectivity index (χ0n) is 12.0. The molecular formula is C15H22N2O3. The highest BCUT2D eigenvalue weighted by molar-refractivity contribution is 5.74. The first-order valence-electron chi connectivity index (χ1n) is 7.12. The molecule has 2 amide bonds. The van der Waals surface area contributed by atoms with Crippen LogP contribution in [0.3, 0.4) is 0 Å². The van der Waals surface area contributed by atoms with Crippen molar-refractivity contribution < 1.29 is 14.6 Å². The summed E-state index contributed by atoms with van der Waals surface area (Å²) < 4.78 is 5.62. The molecule has 0 fully saturated rings. The van der Waals surface area contributed by atoms with Crippen molar-refractivity contribution in [3.63, 3.8) is 0 Å². The molecule has 2 unspecified atom stereocenters. The van der Waals surface area contributed by atoms with Crippen LogP contribution in [0.25, 0.3) is 0 Å². The minimum absolute atomic E-state index is 0.140. The second-order valence-corrected chi connectivity index (χ2v) is 4.85. The summed E-state index contributed by atoms with van der Waals surface area (Å²) in [6, 6.07) is 6.94. The molecule has 1 aliphatic rings. The van der Waals surface area contributed by atoms with Crippen LogP contribution in [0.4, 0.5) is 4.79 Å². The highest BCUT2D eigenvalue weighted by Gasteiger charge is 2.28. The maximum atomic E-state index is 12.1. The van der Waals surface area contributed by atoms with Gasteiger partial charge in [-0.3, -0.25) is 0 Å². The molecule has 1 aromatic rings. The van der Waals surface area contributed by atoms with E-state index in [4.69, 9.17) is 4.74 Å². The van der Waals surface area contributed by atoms with Crippen LogP contribution in [0.5, 0.6) is 5.75 Å². The molecule has 20 heavy (non-hydrogen) atoms. The summed E-state index contributed by atoms with van der Waals surface area (Å²) in [4.78, 5) is 13.8. The quantitative estimate of drug-likeness (QED) is 0.888. The first kappa shape index (κ1) is 14.7. The van der Waals surface area contributed by atoms with Crippen LogP contribution >= 0.6 is 0 Å². The molecule has 0 saturated heterocycles. The van der Waals surface area contributed by atoms with Crippen LogP contribution in [0.15, 0.2) is 24.3 Å². The van der Waals surface area contributed by atoms with Gasteiger partial charge in [0, 0.05) is 25.1 Å². The average molecular weight is 278 g/mol. The van der Waals surface area contributed by atoms with Gasteiger partial charge < -0.3 is 20.1 Å². The predicted octanol–water partition coefficient (Wildman–Crippen LogP) is 1.92. The summed E-state index contributed by atoms with van der Waals surface area (Å²) in [5.74, 6) is 0.694. The van der Waals surface area contributed by atoms with E-state index >= 15 is 0 Å². The summed E-state index contributed by atoms with van der Waals surface area (Å²) in [7, 11) is 0. The van der Waals surface area contributed by atoms with Gasteiger partial charge in [0.15, 0.2) is 0 Å². The van der Waals surface area contributed by atoms with E-state index in [1.165, 1.54) is 0 Å². The molecule has 0 aromatic heterocycles. The van der Waals surface area contributed by atoms with Crippen LogP contribution in [0, 0.1) is 0 Å². The zero-order valence-corrected chi connectivity index (χ0v) is 12.0. The Morgan fingerprint density at radius 2 is 2.10 bits per heavy atom. The number of carbonyl (C=O) groups excluding carboxylic acids is 1. The largest absolute Gasteiger partial charge is 0.493 e. The third-order valence-corrected chi connectivity index (χ3v) is 3.66. The minimum atomic E-state index is -0.742. The Morgan fingerprint density at radius 3 is 2.80 bits per heavy atom. The number of hydrogen-bond acceptors (Lipinski definition) is 3. The second-order valence-electron chi connectivity index (χ2n) is 4.85. The number of aliphatic hydroxyl groups excluding tert-OH is 1. The fourth-order valence-electron chi connectivity index (χ4n) is 2.44. The van der Waals surface area contributed by atoms with Crippen LogP contribution in [-0.2, 0) is 0 Å². The van der Waals surface area contributed by atoms with E-state index in [1.54, 1.807) is 4.90 Å². The van der Waals surface area contributed by atoms with Gasteiger partial charge in [0.2, 0.25) is 0 Å². The smallest absolute Gasteiger partial charge is 0.317 e. The lowest BCUT2D eigenvalue weighted by Crippen LogP contribution is -2.47. The van der Waals surface area contributed by atoms with Gasteiger partial charge in [-0.15, -0.1) is 0 Å². The molecule has 0 saturated carbocycles. The highest BCUT2D eigenvalue weighted by Crippen LogP contribution is 2.31. The van der Waals surface area contributed by atoms with Crippen LogP contribution < -0.4 is 10.1 Å². The average Bonchev–Trinajstić information content (AvgIpc) is 2.61. The third kappa shape index (κ3) is 3.04. The molecule has 5 heteroatoms. The van der Waals surface area contributed by atoms with Gasteiger partial charge >= 0.3 is 6.03 Å². The number of ether oxygens (including phenoxy) is 1. The van der Waals surface area contributed by atoms with Gasteiger partial charge in [-0.05, 0) is 19.9 Å². The summed E-state index contributed by atoms with van der Waals surface area (Å²) in [6.07, 6.45) is -0.156. The molecule has 0 bridgehead atoms. The van der Waals surface area contributed by atoms with Crippen LogP contribution in [0.2, 0.25) is 0 Å². The molecule has 1 aromatic carbocycles. The number of nitrogens with zero attached hydrogens (tertiary/aromatic N) is 1. The number of rotatable bonds is 3. The van der Waals surface area contributed by atoms with Crippen molar-refractivity contribution in [2.45, 2.75) is 32.4 Å². The molecule has 2 rings (SSSR count). The van der Waals surface area contributed by atoms with E-state index in [2.05, 4.69) is 5.32 Å². The Kier molecular flexibility index (Phi) is 4.84. The number of para-hydroxylation sites is 1. The van der Waals surface area contributed by atoms with Crippen molar-refractivity contribution in [1.82, 2.24) is 10.2 Å². The molecule has 0 spiro atoms. The van der Waals surface area contributed by atoms with E-state index < -0.39 is 6.10 Å². The van der Waals surface area contributed by atoms with E-state index in [-0.39, 0.29) is 12.1 Å². The van der Waals surface area contributed by atoms with Crippen LogP contribution in [0.1, 0.15) is 31.9 Å². The molecule has 1 heterocycles. The maximum Gasteiger partial charge on any atom is 0.317 e. The second kappa shape index (κ2) is 6.61. The Morgan fingerprint density at radius 1 is 1.40 bits per heavy atom. The van der Waals surface area contributed by atoms with Crippen molar-refractivity contribution in [2.75, 3.05) is 19.7 Å². The monoisotopic (exact) mass is 278 g/mol. The number of nitrogens with one attached hydrogen (secondary N) is 1. The molecule has 0 radical (unpaired) electrons. The van der Waals surface area contributed by atoms with Gasteiger partial charge in [-0.1, -0.05) is 18.2 Å². The fraction of sp³-hybridized carbons (Fsp3) is 0.533. The summed E-state index contributed by atoms with van der Waals surface area (Å²) in [6.45, 7) is 5.66. The highest BCUT2D eigenvalue weighted by atomic mass is 16.5. The lowest BCUT2D eigenvalue weighted by atomic mass is 10.0. The number of fused-ring (bicyclic) bond motifs is 1. The third-order valence-electron chi connectivity index (χ3n) is 3.66. The molecule has 5 nitrogen and oxygen atoms in total. The van der Waals surface area contributed by atoms with Crippen LogP contribution in [-0.4, -0.2) is 41.8 Å². The van der Waals surface area contributed by atoms with Crippen molar-refractivity contribution in [1.29, 1.82) is 0 Å². The standard InChI is InChI=1S/C15H22N2O3/c1-3-17(4-2)15(19)16-12-9-10-20-13-8-6-5-7-11(13)14(12)18/h5-8,12,14,18H,3-4,9-10H2,1-2H3,(H,16,19). The molecule has 2 atom stereocenters. The number of hydrogen-bond donors (Lipinski definition) is 2. The normalized spacial score (nSPS) is 21.4. The fourth-order valence-corrected chi connectivity index (χ4v) is 2.44. The van der Waals surface area contributed by atoms with Gasteiger partial charge in [-0.2, -0.15) is 0 Å². The van der Waals surface area contributed by atoms with Crippen molar-refractivity contribution in [3.05, 3.63) is 29.8 Å². The number of amides is 2. The number of benzene rings is 1. The number of aliphatic hydroxyl groups is 1. The SMILES string of the molecule is CCN(CC)C(=O)NC1CCOc2ccccc2C1O. The van der Waals surface area contributed by atoms with Gasteiger partial charge in [0.25, 0.3) is 0 Å². The molecule has 1 aliphatic heterocycles. The maximum absolute atomic E-state index is 12.1. The number of carbonyl (C=O) groups is 1. The van der Waals surface area contributed by atoms with E-state index in [1.807, 2.05) is 38.1 Å². The lowest BCUT2D eigenvalue weighted by Gasteiger charge is -2.26. The minimum Gasteiger partial charge on any atom is -0.493 e. The zero-order chi connectivity index (χ0) is 14.5. The lowest BCUT2D eigenvalue weighted by molar-refractivity contribution is 0.121. The molecular weight excluding hydrogens is 256 g/mol. The Balaban J connectivity index is 2.11. The van der Waals surface area contributed by atoms with Gasteiger partial charge in [0.1, 0.15) is 11.9 Å². The molecule has 2 N–H and O–H groups in total. The van der Waals surface area contributed by atoms with E-state index in [0.29, 0.717) is 31.9 Å². The predicted molar refractivity (Wildman–Crippen MR) is 76.8 cm³/mol. The van der Waals surface area contributed by atoms with Gasteiger partial charge in [0.05, 0.1) is 12.6 Å². The Hall–Kier alpha value is -1.75. The molecule has 0 aliphatic carbocycles. The molecule has 110 valence electrons. The summed E-state index contributed by atoms with van der Waals surface area (Å²) in [5.41, 5.74) is 0.731. The van der Waals surface area contributed by atoms with E-state index in [9.17, 15) is 9.90 Å². The van der Waals surface area contributed by atoms with E-state index in [0.717, 1.165) is 5.56 Å². The summed E-state index contributed by atoms with van der Waals surface area (Å²) >= 11 is 0. The van der Waals surface area contributed by atoms with Crippen molar-refractivity contribution in [3.8, 4) is 5.75 Å². The Bertz CT molecular complexity index is 460. The number of urea groups is 1. The Labute approximate surface area is 119 Å². The first-order chi connectivity index (χ1) is 9.67. The van der Waals surface area contributed by atoms with Crippen molar-refractivity contribution in [2.24, 2.45) is 0 Å². The van der Waals surface area contributed by atoms with Gasteiger partial charge in [-0.25, -0.2) is 4.79 Å². The van der Waals surface area contributed by atoms with Crippen molar-refractivity contribution >= 4 is 6.03 Å². The summed E-state index contributed by atoms with van der Waals surface area (Å²) in [5, 5.41) is 13.4. The topological polar surface area (TPSA) is 61.8 Å².